The summed E-state index contributed by atoms with van der Waals surface area (Å²) in [5.41, 5.74) is 4.90. The lowest BCUT2D eigenvalue weighted by Crippen LogP contribution is -2.31. The van der Waals surface area contributed by atoms with Crippen molar-refractivity contribution in [3.8, 4) is 0 Å². The molecule has 21 heavy (non-hydrogen) atoms. The van der Waals surface area contributed by atoms with Gasteiger partial charge in [0, 0.05) is 6.42 Å². The van der Waals surface area contributed by atoms with E-state index in [-0.39, 0.29) is 0 Å². The molecule has 1 nitrogen and oxygen atoms in total. The van der Waals surface area contributed by atoms with Crippen molar-refractivity contribution in [1.29, 1.82) is 0 Å². The van der Waals surface area contributed by atoms with Crippen molar-refractivity contribution in [2.75, 3.05) is 0 Å². The van der Waals surface area contributed by atoms with Gasteiger partial charge in [-0.3, -0.25) is 0 Å². The van der Waals surface area contributed by atoms with Crippen LogP contribution in [0.4, 0.5) is 0 Å². The van der Waals surface area contributed by atoms with Gasteiger partial charge in [0.2, 0.25) is 0 Å². The van der Waals surface area contributed by atoms with Crippen LogP contribution in [-0.4, -0.2) is 10.7 Å². The second-order valence-corrected chi connectivity index (χ2v) is 7.36. The molecule has 0 spiro atoms. The summed E-state index contributed by atoms with van der Waals surface area (Å²) in [4.78, 5) is 0. The first-order valence-corrected chi connectivity index (χ1v) is 8.72. The lowest BCUT2D eigenvalue weighted by molar-refractivity contribution is 0.0238. The Morgan fingerprint density at radius 3 is 2.38 bits per heavy atom. The molecule has 1 saturated carbocycles. The summed E-state index contributed by atoms with van der Waals surface area (Å²) >= 11 is 0. The van der Waals surface area contributed by atoms with E-state index in [1.54, 1.807) is 0 Å². The van der Waals surface area contributed by atoms with Crippen LogP contribution in [0.1, 0.15) is 74.1 Å². The molecule has 0 radical (unpaired) electrons. The van der Waals surface area contributed by atoms with E-state index >= 15 is 0 Å². The maximum atomic E-state index is 11.1. The number of aliphatic hydroxyl groups is 1. The lowest BCUT2D eigenvalue weighted by Gasteiger charge is -2.28. The van der Waals surface area contributed by atoms with Crippen molar-refractivity contribution in [2.45, 2.75) is 84.7 Å². The Bertz CT molecular complexity index is 454. The molecule has 1 aliphatic carbocycles. The minimum Gasteiger partial charge on any atom is -0.390 e. The molecule has 2 rings (SSSR count). The first kappa shape index (κ1) is 16.5. The Kier molecular flexibility index (Phi) is 5.48. The van der Waals surface area contributed by atoms with Crippen molar-refractivity contribution in [3.63, 3.8) is 0 Å². The topological polar surface area (TPSA) is 20.2 Å². The minimum atomic E-state index is -0.479. The number of benzene rings is 1. The molecule has 1 fully saturated rings. The fourth-order valence-electron chi connectivity index (χ4n) is 4.15. The van der Waals surface area contributed by atoms with Crippen LogP contribution in [0.5, 0.6) is 0 Å². The van der Waals surface area contributed by atoms with E-state index in [0.717, 1.165) is 25.2 Å². The molecular weight excluding hydrogens is 256 g/mol. The quantitative estimate of drug-likeness (QED) is 0.749. The molecule has 0 saturated heterocycles. The molecule has 0 bridgehead atoms. The van der Waals surface area contributed by atoms with Crippen LogP contribution in [0.25, 0.3) is 0 Å². The Hall–Kier alpha value is -0.820. The Balaban J connectivity index is 2.11. The molecule has 1 aromatic carbocycles. The van der Waals surface area contributed by atoms with Crippen molar-refractivity contribution in [1.82, 2.24) is 0 Å². The zero-order chi connectivity index (χ0) is 15.5. The van der Waals surface area contributed by atoms with E-state index < -0.39 is 5.60 Å². The van der Waals surface area contributed by atoms with E-state index in [1.807, 2.05) is 0 Å². The standard InChI is InChI=1S/C20H32O/c1-5-7-18-8-6-10-20(21,11-9-18)14-19-16(3)12-15(2)13-17(19)4/h12-13,18,21H,5-11,14H2,1-4H3. The average Bonchev–Trinajstić information content (AvgIpc) is 2.58. The van der Waals surface area contributed by atoms with Crippen LogP contribution < -0.4 is 0 Å². The van der Waals surface area contributed by atoms with E-state index in [1.165, 1.54) is 54.4 Å². The zero-order valence-electron chi connectivity index (χ0n) is 14.3. The van der Waals surface area contributed by atoms with Crippen molar-refractivity contribution < 1.29 is 5.11 Å². The van der Waals surface area contributed by atoms with Crippen LogP contribution in [0, 0.1) is 26.7 Å². The third-order valence-corrected chi connectivity index (χ3v) is 5.32. The van der Waals surface area contributed by atoms with E-state index in [4.69, 9.17) is 0 Å². The lowest BCUT2D eigenvalue weighted by atomic mass is 9.83. The van der Waals surface area contributed by atoms with E-state index in [0.29, 0.717) is 0 Å². The molecule has 1 N–H and O–H groups in total. The zero-order valence-corrected chi connectivity index (χ0v) is 14.3. The van der Waals surface area contributed by atoms with Crippen LogP contribution in [0.15, 0.2) is 12.1 Å². The first-order valence-electron chi connectivity index (χ1n) is 8.72. The fourth-order valence-corrected chi connectivity index (χ4v) is 4.15. The Morgan fingerprint density at radius 1 is 1.10 bits per heavy atom. The number of hydrogen-bond donors (Lipinski definition) is 1. The molecule has 2 atom stereocenters. The first-order chi connectivity index (χ1) is 9.93. The van der Waals surface area contributed by atoms with Gasteiger partial charge in [-0.05, 0) is 62.6 Å². The molecule has 0 amide bonds. The number of rotatable bonds is 4. The second-order valence-electron chi connectivity index (χ2n) is 7.36. The molecule has 0 aromatic heterocycles. The fraction of sp³-hybridized carbons (Fsp3) is 0.700. The predicted octanol–water partition coefficient (Wildman–Crippen LogP) is 5.27. The van der Waals surface area contributed by atoms with E-state index in [9.17, 15) is 5.11 Å². The Morgan fingerprint density at radius 2 is 1.76 bits per heavy atom. The van der Waals surface area contributed by atoms with E-state index in [2.05, 4.69) is 39.8 Å². The number of hydrogen-bond acceptors (Lipinski definition) is 1. The summed E-state index contributed by atoms with van der Waals surface area (Å²) in [6, 6.07) is 4.50. The highest BCUT2D eigenvalue weighted by molar-refractivity contribution is 5.38. The maximum Gasteiger partial charge on any atom is 0.0688 e. The van der Waals surface area contributed by atoms with Gasteiger partial charge < -0.3 is 5.11 Å². The SMILES string of the molecule is CCCC1CCCC(O)(Cc2c(C)cc(C)cc2C)CC1. The van der Waals surface area contributed by atoms with Crippen LogP contribution >= 0.6 is 0 Å². The monoisotopic (exact) mass is 288 g/mol. The van der Waals surface area contributed by atoms with Gasteiger partial charge in [-0.2, -0.15) is 0 Å². The molecule has 0 aliphatic heterocycles. The van der Waals surface area contributed by atoms with Gasteiger partial charge in [-0.15, -0.1) is 0 Å². The van der Waals surface area contributed by atoms with Crippen LogP contribution in [-0.2, 0) is 6.42 Å². The largest absolute Gasteiger partial charge is 0.390 e. The molecular formula is C20H32O. The highest BCUT2D eigenvalue weighted by atomic mass is 16.3. The van der Waals surface area contributed by atoms with Crippen LogP contribution in [0.3, 0.4) is 0 Å². The van der Waals surface area contributed by atoms with Gasteiger partial charge in [0.15, 0.2) is 0 Å². The van der Waals surface area contributed by atoms with Gasteiger partial charge in [0.25, 0.3) is 0 Å². The van der Waals surface area contributed by atoms with Gasteiger partial charge in [-0.25, -0.2) is 0 Å². The average molecular weight is 288 g/mol. The summed E-state index contributed by atoms with van der Waals surface area (Å²) in [7, 11) is 0. The summed E-state index contributed by atoms with van der Waals surface area (Å²) < 4.78 is 0. The van der Waals surface area contributed by atoms with Crippen molar-refractivity contribution in [2.24, 2.45) is 5.92 Å². The summed E-state index contributed by atoms with van der Waals surface area (Å²) in [5.74, 6) is 0.837. The van der Waals surface area contributed by atoms with Crippen molar-refractivity contribution in [3.05, 3.63) is 34.4 Å². The summed E-state index contributed by atoms with van der Waals surface area (Å²) in [6.45, 7) is 8.81. The normalized spacial score (nSPS) is 26.6. The molecule has 1 heteroatoms. The highest BCUT2D eigenvalue weighted by Gasteiger charge is 2.31. The minimum absolute atomic E-state index is 0.479. The molecule has 118 valence electrons. The maximum absolute atomic E-state index is 11.1. The summed E-state index contributed by atoms with van der Waals surface area (Å²) in [5, 5.41) is 11.1. The molecule has 1 aliphatic rings. The van der Waals surface area contributed by atoms with Crippen LogP contribution in [0.2, 0.25) is 0 Å². The number of aryl methyl sites for hydroxylation is 3. The van der Waals surface area contributed by atoms with Crippen molar-refractivity contribution >= 4 is 0 Å². The third-order valence-electron chi connectivity index (χ3n) is 5.32. The van der Waals surface area contributed by atoms with Gasteiger partial charge in [0.05, 0.1) is 5.60 Å². The Labute approximate surface area is 130 Å². The van der Waals surface area contributed by atoms with Gasteiger partial charge >= 0.3 is 0 Å². The third kappa shape index (κ3) is 4.32. The van der Waals surface area contributed by atoms with Gasteiger partial charge in [-0.1, -0.05) is 50.3 Å². The highest BCUT2D eigenvalue weighted by Crippen LogP contribution is 2.35. The second kappa shape index (κ2) is 6.96. The summed E-state index contributed by atoms with van der Waals surface area (Å²) in [6.07, 6.45) is 9.09. The molecule has 2 unspecified atom stereocenters. The molecule has 0 heterocycles. The molecule has 1 aromatic rings. The predicted molar refractivity (Wildman–Crippen MR) is 90.8 cm³/mol. The smallest absolute Gasteiger partial charge is 0.0688 e. The van der Waals surface area contributed by atoms with Gasteiger partial charge in [0.1, 0.15) is 0 Å².